The lowest BCUT2D eigenvalue weighted by Gasteiger charge is -2.11. The zero-order valence-electron chi connectivity index (χ0n) is 8.68. The van der Waals surface area contributed by atoms with E-state index in [1.165, 1.54) is 7.11 Å². The third-order valence-electron chi connectivity index (χ3n) is 1.54. The Morgan fingerprint density at radius 2 is 1.86 bits per heavy atom. The van der Waals surface area contributed by atoms with Gasteiger partial charge in [-0.25, -0.2) is 4.79 Å². The lowest BCUT2D eigenvalue weighted by atomic mass is 10.3. The Morgan fingerprint density at radius 3 is 2.21 bits per heavy atom. The number of amides is 1. The number of nitrogens with one attached hydrogen (secondary N) is 1. The molecular weight excluding hydrogens is 297 g/mol. The Hall–Kier alpha value is -0.590. The summed E-state index contributed by atoms with van der Waals surface area (Å²) in [7, 11) is 1.29. The van der Waals surface area contributed by atoms with Gasteiger partial charge >= 0.3 is 5.97 Å². The molecule has 0 spiro atoms. The third kappa shape index (κ3) is 4.08. The predicted molar refractivity (Wildman–Crippen MR) is 62.0 cm³/mol. The average Bonchev–Trinajstić information content (AvgIpc) is 2.14. The number of methoxy groups -OCH3 is 1. The van der Waals surface area contributed by atoms with Gasteiger partial charge < -0.3 is 10.1 Å². The van der Waals surface area contributed by atoms with E-state index in [0.717, 1.165) is 5.57 Å². The first-order chi connectivity index (χ1) is 6.40. The van der Waals surface area contributed by atoms with E-state index in [4.69, 9.17) is 0 Å². The van der Waals surface area contributed by atoms with Crippen LogP contribution in [-0.4, -0.2) is 25.0 Å². The van der Waals surface area contributed by atoms with Gasteiger partial charge in [0.25, 0.3) is 5.91 Å². The standard InChI is InChI=1S/C9H14INO3/c1-5(2)7(10)8(12)11-6(3)9(13)14-4/h6H,1-4H3,(H,11,12)/t6-/m0/s1. The maximum absolute atomic E-state index is 11.4. The summed E-state index contributed by atoms with van der Waals surface area (Å²) >= 11 is 1.94. The zero-order chi connectivity index (χ0) is 11.3. The van der Waals surface area contributed by atoms with Crippen LogP contribution < -0.4 is 5.32 Å². The van der Waals surface area contributed by atoms with Crippen LogP contribution in [-0.2, 0) is 14.3 Å². The smallest absolute Gasteiger partial charge is 0.328 e. The van der Waals surface area contributed by atoms with E-state index in [1.807, 2.05) is 36.4 Å². The Morgan fingerprint density at radius 1 is 1.36 bits per heavy atom. The van der Waals surface area contributed by atoms with E-state index in [2.05, 4.69) is 10.1 Å². The molecule has 1 amide bonds. The number of hydrogen-bond donors (Lipinski definition) is 1. The largest absolute Gasteiger partial charge is 0.467 e. The first-order valence-electron chi connectivity index (χ1n) is 4.11. The summed E-state index contributed by atoms with van der Waals surface area (Å²) in [6, 6.07) is -0.614. The molecule has 80 valence electrons. The van der Waals surface area contributed by atoms with Crippen molar-refractivity contribution in [1.29, 1.82) is 0 Å². The van der Waals surface area contributed by atoms with Gasteiger partial charge in [-0.15, -0.1) is 0 Å². The molecule has 1 N–H and O–H groups in total. The van der Waals surface area contributed by atoms with Crippen LogP contribution in [0.4, 0.5) is 0 Å². The molecule has 5 heteroatoms. The average molecular weight is 311 g/mol. The first-order valence-corrected chi connectivity index (χ1v) is 5.19. The second-order valence-electron chi connectivity index (χ2n) is 3.03. The molecule has 0 unspecified atom stereocenters. The van der Waals surface area contributed by atoms with Gasteiger partial charge in [0.1, 0.15) is 6.04 Å². The quantitative estimate of drug-likeness (QED) is 0.487. The fourth-order valence-corrected chi connectivity index (χ4v) is 0.878. The van der Waals surface area contributed by atoms with E-state index >= 15 is 0 Å². The van der Waals surface area contributed by atoms with Gasteiger partial charge in [-0.3, -0.25) is 4.79 Å². The van der Waals surface area contributed by atoms with Gasteiger partial charge in [-0.2, -0.15) is 0 Å². The minimum Gasteiger partial charge on any atom is -0.467 e. The maximum Gasteiger partial charge on any atom is 0.328 e. The predicted octanol–water partition coefficient (Wildman–Crippen LogP) is 1.39. The van der Waals surface area contributed by atoms with E-state index in [1.54, 1.807) is 6.92 Å². The van der Waals surface area contributed by atoms with Gasteiger partial charge in [0.15, 0.2) is 0 Å². The van der Waals surface area contributed by atoms with Crippen molar-refractivity contribution in [3.8, 4) is 0 Å². The highest BCUT2D eigenvalue weighted by Gasteiger charge is 2.17. The van der Waals surface area contributed by atoms with Crippen molar-refractivity contribution < 1.29 is 14.3 Å². The van der Waals surface area contributed by atoms with Crippen molar-refractivity contribution in [2.75, 3.05) is 7.11 Å². The third-order valence-corrected chi connectivity index (χ3v) is 3.11. The van der Waals surface area contributed by atoms with Crippen LogP contribution in [0.25, 0.3) is 0 Å². The van der Waals surface area contributed by atoms with Crippen molar-refractivity contribution in [3.63, 3.8) is 0 Å². The van der Waals surface area contributed by atoms with Crippen LogP contribution >= 0.6 is 22.6 Å². The van der Waals surface area contributed by atoms with Crippen LogP contribution in [0.3, 0.4) is 0 Å². The lowest BCUT2D eigenvalue weighted by molar-refractivity contribution is -0.144. The Kier molecular flexibility index (Phi) is 5.75. The lowest BCUT2D eigenvalue weighted by Crippen LogP contribution is -2.39. The summed E-state index contributed by atoms with van der Waals surface area (Å²) in [5.74, 6) is -0.695. The molecule has 0 aromatic rings. The normalized spacial score (nSPS) is 11.5. The molecule has 14 heavy (non-hydrogen) atoms. The molecule has 0 saturated carbocycles. The fraction of sp³-hybridized carbons (Fsp3) is 0.556. The minimum atomic E-state index is -0.614. The topological polar surface area (TPSA) is 55.4 Å². The molecule has 0 aliphatic heterocycles. The fourth-order valence-electron chi connectivity index (χ4n) is 0.723. The van der Waals surface area contributed by atoms with E-state index in [-0.39, 0.29) is 5.91 Å². The second-order valence-corrected chi connectivity index (χ2v) is 4.11. The molecule has 0 rings (SSSR count). The number of carbonyl (C=O) groups excluding carboxylic acids is 2. The number of allylic oxidation sites excluding steroid dienone is 1. The number of ether oxygens (including phenoxy) is 1. The summed E-state index contributed by atoms with van der Waals surface area (Å²) in [5, 5.41) is 2.53. The Labute approximate surface area is 97.2 Å². The summed E-state index contributed by atoms with van der Waals surface area (Å²) in [6.07, 6.45) is 0. The zero-order valence-corrected chi connectivity index (χ0v) is 10.8. The Bertz CT molecular complexity index is 269. The number of esters is 1. The Balaban J connectivity index is 4.35. The number of rotatable bonds is 3. The highest BCUT2D eigenvalue weighted by molar-refractivity contribution is 14.1. The SMILES string of the molecule is COC(=O)[C@H](C)NC(=O)C(I)=C(C)C. The molecular formula is C9H14INO3. The summed E-state index contributed by atoms with van der Waals surface area (Å²) in [6.45, 7) is 5.26. The van der Waals surface area contributed by atoms with Crippen LogP contribution in [0.1, 0.15) is 20.8 Å². The maximum atomic E-state index is 11.4. The second kappa shape index (κ2) is 6.00. The van der Waals surface area contributed by atoms with Crippen LogP contribution in [0.15, 0.2) is 9.15 Å². The molecule has 0 heterocycles. The molecule has 0 aromatic carbocycles. The van der Waals surface area contributed by atoms with Gasteiger partial charge in [-0.1, -0.05) is 5.57 Å². The van der Waals surface area contributed by atoms with E-state index < -0.39 is 12.0 Å². The van der Waals surface area contributed by atoms with Crippen LogP contribution in [0, 0.1) is 0 Å². The van der Waals surface area contributed by atoms with Crippen LogP contribution in [0.2, 0.25) is 0 Å². The van der Waals surface area contributed by atoms with Gasteiger partial charge in [0.2, 0.25) is 0 Å². The highest BCUT2D eigenvalue weighted by atomic mass is 127. The monoisotopic (exact) mass is 311 g/mol. The van der Waals surface area contributed by atoms with Gasteiger partial charge in [-0.05, 0) is 43.4 Å². The van der Waals surface area contributed by atoms with Crippen molar-refractivity contribution in [3.05, 3.63) is 9.15 Å². The molecule has 0 saturated heterocycles. The van der Waals surface area contributed by atoms with Gasteiger partial charge in [0, 0.05) is 0 Å². The molecule has 0 bridgehead atoms. The first kappa shape index (κ1) is 13.4. The molecule has 4 nitrogen and oxygen atoms in total. The minimum absolute atomic E-state index is 0.247. The van der Waals surface area contributed by atoms with Gasteiger partial charge in [0.05, 0.1) is 10.7 Å². The summed E-state index contributed by atoms with van der Waals surface area (Å²) in [5.41, 5.74) is 0.917. The highest BCUT2D eigenvalue weighted by Crippen LogP contribution is 2.11. The van der Waals surface area contributed by atoms with Crippen molar-refractivity contribution in [2.24, 2.45) is 0 Å². The van der Waals surface area contributed by atoms with Crippen LogP contribution in [0.5, 0.6) is 0 Å². The number of halogens is 1. The summed E-state index contributed by atoms with van der Waals surface area (Å²) < 4.78 is 5.08. The molecule has 0 aliphatic rings. The molecule has 1 atom stereocenters. The molecule has 0 aliphatic carbocycles. The molecule has 0 fully saturated rings. The van der Waals surface area contributed by atoms with Crippen molar-refractivity contribution in [1.82, 2.24) is 5.32 Å². The van der Waals surface area contributed by atoms with E-state index in [9.17, 15) is 9.59 Å². The van der Waals surface area contributed by atoms with E-state index in [0.29, 0.717) is 3.58 Å². The van der Waals surface area contributed by atoms with Crippen molar-refractivity contribution in [2.45, 2.75) is 26.8 Å². The number of hydrogen-bond acceptors (Lipinski definition) is 3. The summed E-state index contributed by atoms with van der Waals surface area (Å²) in [4.78, 5) is 22.4. The molecule has 0 aromatic heterocycles. The molecule has 0 radical (unpaired) electrons. The number of carbonyl (C=O) groups is 2. The van der Waals surface area contributed by atoms with Crippen molar-refractivity contribution >= 4 is 34.5 Å².